The van der Waals surface area contributed by atoms with Gasteiger partial charge in [-0.2, -0.15) is 0 Å². The van der Waals surface area contributed by atoms with E-state index in [0.717, 1.165) is 47.0 Å². The number of methoxy groups -OCH3 is 2. The third-order valence-corrected chi connectivity index (χ3v) is 8.61. The molecule has 0 radical (unpaired) electrons. The summed E-state index contributed by atoms with van der Waals surface area (Å²) in [7, 11) is 2.44. The quantitative estimate of drug-likeness (QED) is 0.0865. The number of H-pyrrole nitrogens is 2. The Morgan fingerprint density at radius 2 is 0.983 bits per heavy atom. The van der Waals surface area contributed by atoms with Crippen molar-refractivity contribution in [1.82, 2.24) is 30.6 Å². The van der Waals surface area contributed by atoms with Gasteiger partial charge in [-0.3, -0.25) is 9.59 Å². The molecule has 16 nitrogen and oxygen atoms in total. The number of imidazole rings is 2. The molecule has 4 amide bonds. The Morgan fingerprint density at radius 3 is 1.29 bits per heavy atom. The molecule has 2 atom stereocenters. The Labute approximate surface area is 334 Å². The Bertz CT molecular complexity index is 2170. The number of ether oxygens (including phenoxy) is 4. The van der Waals surface area contributed by atoms with Gasteiger partial charge in [-0.25, -0.2) is 19.6 Å². The molecule has 8 N–H and O–H groups in total. The molecule has 4 aromatic carbocycles. The van der Waals surface area contributed by atoms with Crippen molar-refractivity contribution in [2.45, 2.75) is 38.8 Å². The zero-order valence-electron chi connectivity index (χ0n) is 32.3. The summed E-state index contributed by atoms with van der Waals surface area (Å²) in [5.41, 5.74) is 15.5. The molecule has 2 aromatic heterocycles. The third-order valence-electron chi connectivity index (χ3n) is 8.61. The SMILES string of the molecule is CCc1ncc(-c2ccc3c(c2)Oc2ccc(-c4cnc(CC)[nH]4)cc2O3)[nH]1.COC(=O)NC(C(N)=O)c1ccccc1.COC(=O)NC(C(N)=O)c1ccccc1. The number of benzene rings is 4. The number of aromatic nitrogens is 4. The van der Waals surface area contributed by atoms with E-state index >= 15 is 0 Å². The monoisotopic (exact) mass is 788 g/mol. The van der Waals surface area contributed by atoms with E-state index in [4.69, 9.17) is 20.9 Å². The molecule has 0 saturated carbocycles. The zero-order chi connectivity index (χ0) is 41.6. The molecule has 2 unspecified atom stereocenters. The van der Waals surface area contributed by atoms with E-state index in [0.29, 0.717) is 34.1 Å². The fourth-order valence-corrected chi connectivity index (χ4v) is 5.58. The van der Waals surface area contributed by atoms with Crippen LogP contribution >= 0.6 is 0 Å². The van der Waals surface area contributed by atoms with Gasteiger partial charge >= 0.3 is 12.2 Å². The van der Waals surface area contributed by atoms with Crippen molar-refractivity contribution in [3.05, 3.63) is 132 Å². The lowest BCUT2D eigenvalue weighted by Crippen LogP contribution is -2.37. The van der Waals surface area contributed by atoms with Gasteiger partial charge in [0.05, 0.1) is 38.0 Å². The molecular weight excluding hydrogens is 745 g/mol. The fraction of sp³-hybridized carbons (Fsp3) is 0.190. The highest BCUT2D eigenvalue weighted by Crippen LogP contribution is 2.47. The van der Waals surface area contributed by atoms with Crippen LogP contribution in [0.15, 0.2) is 109 Å². The summed E-state index contributed by atoms with van der Waals surface area (Å²) in [4.78, 5) is 59.5. The lowest BCUT2D eigenvalue weighted by atomic mass is 10.1. The number of nitrogens with zero attached hydrogens (tertiary/aromatic N) is 2. The van der Waals surface area contributed by atoms with Crippen molar-refractivity contribution < 1.29 is 38.1 Å². The van der Waals surface area contributed by atoms with E-state index in [9.17, 15) is 19.2 Å². The average molecular weight is 789 g/mol. The standard InChI is InChI=1S/C22H20N4O2.2C10H12N2O3/c1-3-21-23-11-15(25-21)13-5-7-17-19(9-13)27-18-8-6-14(10-20(18)28-17)16-12-24-22(4-2)26-16;2*1-15-10(14)12-8(9(11)13)7-5-3-2-4-6-7/h5-12H,3-4H2,1-2H3,(H,23,25)(H,24,26);2*2-6,8H,1H3,(H2,11,13)(H,12,14). The van der Waals surface area contributed by atoms with Crippen LogP contribution in [0.5, 0.6) is 23.0 Å². The molecule has 6 aromatic rings. The highest BCUT2D eigenvalue weighted by molar-refractivity contribution is 5.86. The van der Waals surface area contributed by atoms with Gasteiger partial charge in [-0.1, -0.05) is 74.5 Å². The van der Waals surface area contributed by atoms with Crippen molar-refractivity contribution in [2.24, 2.45) is 11.5 Å². The predicted octanol–water partition coefficient (Wildman–Crippen LogP) is 6.63. The van der Waals surface area contributed by atoms with Gasteiger partial charge < -0.3 is 51.0 Å². The van der Waals surface area contributed by atoms with Gasteiger partial charge in [0.1, 0.15) is 23.7 Å². The van der Waals surface area contributed by atoms with E-state index in [1.165, 1.54) is 14.2 Å². The number of carbonyl (C=O) groups excluding carboxylic acids is 4. The molecule has 3 heterocycles. The normalized spacial score (nSPS) is 11.8. The Kier molecular flexibility index (Phi) is 14.2. The summed E-state index contributed by atoms with van der Waals surface area (Å²) < 4.78 is 21.0. The number of hydrogen-bond acceptors (Lipinski definition) is 10. The highest BCUT2D eigenvalue weighted by atomic mass is 16.6. The number of nitrogens with two attached hydrogens (primary N) is 2. The van der Waals surface area contributed by atoms with Gasteiger partial charge in [0.15, 0.2) is 23.0 Å². The second-order valence-corrected chi connectivity index (χ2v) is 12.5. The van der Waals surface area contributed by atoms with Crippen LogP contribution in [0.25, 0.3) is 22.5 Å². The van der Waals surface area contributed by atoms with Gasteiger partial charge in [-0.05, 0) is 47.5 Å². The average Bonchev–Trinajstić information content (AvgIpc) is 3.95. The summed E-state index contributed by atoms with van der Waals surface area (Å²) in [5.74, 6) is 3.45. The summed E-state index contributed by atoms with van der Waals surface area (Å²) >= 11 is 0. The number of fused-ring (bicyclic) bond motifs is 2. The third kappa shape index (κ3) is 10.8. The van der Waals surface area contributed by atoms with Crippen molar-refractivity contribution in [2.75, 3.05) is 14.2 Å². The summed E-state index contributed by atoms with van der Waals surface area (Å²) in [5, 5.41) is 4.69. The smallest absolute Gasteiger partial charge is 0.407 e. The van der Waals surface area contributed by atoms with Gasteiger partial charge in [0.25, 0.3) is 0 Å². The number of aryl methyl sites for hydroxylation is 2. The maximum absolute atomic E-state index is 11.1. The minimum atomic E-state index is -0.862. The van der Waals surface area contributed by atoms with Gasteiger partial charge in [-0.15, -0.1) is 0 Å². The topological polar surface area (TPSA) is 239 Å². The molecule has 7 rings (SSSR count). The maximum Gasteiger partial charge on any atom is 0.407 e. The van der Waals surface area contributed by atoms with Crippen LogP contribution in [0.4, 0.5) is 9.59 Å². The maximum atomic E-state index is 11.1. The van der Waals surface area contributed by atoms with Crippen LogP contribution in [-0.4, -0.2) is 58.2 Å². The Hall–Kier alpha value is -7.62. The van der Waals surface area contributed by atoms with Gasteiger partial charge in [0, 0.05) is 24.0 Å². The second kappa shape index (κ2) is 19.8. The molecule has 0 fully saturated rings. The number of carbonyl (C=O) groups is 4. The number of nitrogens with one attached hydrogen (secondary N) is 4. The van der Waals surface area contributed by atoms with Crippen LogP contribution in [0.3, 0.4) is 0 Å². The number of rotatable bonds is 10. The van der Waals surface area contributed by atoms with Crippen molar-refractivity contribution in [3.63, 3.8) is 0 Å². The minimum Gasteiger partial charge on any atom is -0.453 e. The number of amides is 4. The fourth-order valence-electron chi connectivity index (χ4n) is 5.58. The summed E-state index contributed by atoms with van der Waals surface area (Å²) in [6, 6.07) is 27.5. The summed E-state index contributed by atoms with van der Waals surface area (Å²) in [6.45, 7) is 4.15. The van der Waals surface area contributed by atoms with E-state index in [2.05, 4.69) is 53.9 Å². The molecule has 0 aliphatic carbocycles. The molecule has 300 valence electrons. The molecule has 0 bridgehead atoms. The molecular formula is C42H44N8O8. The lowest BCUT2D eigenvalue weighted by molar-refractivity contribution is -0.120. The zero-order valence-corrected chi connectivity index (χ0v) is 32.3. The van der Waals surface area contributed by atoms with Crippen LogP contribution in [-0.2, 0) is 31.9 Å². The first-order chi connectivity index (χ1) is 28.0. The van der Waals surface area contributed by atoms with E-state index in [-0.39, 0.29) is 0 Å². The Morgan fingerprint density at radius 1 is 0.603 bits per heavy atom. The number of alkyl carbamates (subject to hydrolysis) is 2. The lowest BCUT2D eigenvalue weighted by Gasteiger charge is -2.21. The largest absolute Gasteiger partial charge is 0.453 e. The molecule has 16 heteroatoms. The van der Waals surface area contributed by atoms with Gasteiger partial charge in [0.2, 0.25) is 11.8 Å². The molecule has 1 aliphatic heterocycles. The number of aromatic amines is 2. The predicted molar refractivity (Wildman–Crippen MR) is 215 cm³/mol. The highest BCUT2D eigenvalue weighted by Gasteiger charge is 2.22. The first kappa shape index (κ1) is 41.5. The van der Waals surface area contributed by atoms with Crippen LogP contribution < -0.4 is 31.6 Å². The number of primary amides is 2. The molecule has 58 heavy (non-hydrogen) atoms. The number of hydrogen-bond donors (Lipinski definition) is 6. The molecule has 0 spiro atoms. The first-order valence-corrected chi connectivity index (χ1v) is 18.1. The van der Waals surface area contributed by atoms with Crippen molar-refractivity contribution in [3.8, 4) is 45.5 Å². The molecule has 0 saturated heterocycles. The van der Waals surface area contributed by atoms with E-state index in [1.54, 1.807) is 60.7 Å². The first-order valence-electron chi connectivity index (χ1n) is 18.1. The van der Waals surface area contributed by atoms with E-state index in [1.807, 2.05) is 48.8 Å². The minimum absolute atomic E-state index is 0.621. The molecule has 1 aliphatic rings. The van der Waals surface area contributed by atoms with E-state index < -0.39 is 36.1 Å². The summed E-state index contributed by atoms with van der Waals surface area (Å²) in [6.07, 6.45) is 4.05. The second-order valence-electron chi connectivity index (χ2n) is 12.5. The van der Waals surface area contributed by atoms with Crippen LogP contribution in [0, 0.1) is 0 Å². The van der Waals surface area contributed by atoms with Crippen LogP contribution in [0.1, 0.15) is 48.7 Å². The van der Waals surface area contributed by atoms with Crippen molar-refractivity contribution >= 4 is 24.0 Å². The van der Waals surface area contributed by atoms with Crippen molar-refractivity contribution in [1.29, 1.82) is 0 Å². The van der Waals surface area contributed by atoms with Crippen LogP contribution in [0.2, 0.25) is 0 Å². The Balaban J connectivity index is 0.000000182.